The van der Waals surface area contributed by atoms with Crippen LogP contribution in [0.1, 0.15) is 30.6 Å². The summed E-state index contributed by atoms with van der Waals surface area (Å²) in [5.41, 5.74) is 2.28. The molecule has 1 aliphatic heterocycles. The van der Waals surface area contributed by atoms with Gasteiger partial charge in [-0.05, 0) is 49.3 Å². The monoisotopic (exact) mass is 440 g/mol. The molecule has 2 N–H and O–H groups in total. The zero-order valence-corrected chi connectivity index (χ0v) is 17.7. The van der Waals surface area contributed by atoms with Crippen LogP contribution in [0.2, 0.25) is 0 Å². The highest BCUT2D eigenvalue weighted by Crippen LogP contribution is 2.27. The van der Waals surface area contributed by atoms with E-state index in [0.717, 1.165) is 34.4 Å². The van der Waals surface area contributed by atoms with Crippen molar-refractivity contribution >= 4 is 53.6 Å². The molecule has 0 fully saturated rings. The van der Waals surface area contributed by atoms with Crippen LogP contribution in [-0.4, -0.2) is 27.0 Å². The first-order valence-corrected chi connectivity index (χ1v) is 10.8. The third-order valence-electron chi connectivity index (χ3n) is 4.85. The van der Waals surface area contributed by atoms with Crippen molar-refractivity contribution in [3.63, 3.8) is 0 Å². The predicted molar refractivity (Wildman–Crippen MR) is 119 cm³/mol. The molecule has 0 atom stereocenters. The minimum atomic E-state index is -0.786. The van der Waals surface area contributed by atoms with Gasteiger partial charge in [0.2, 0.25) is 5.88 Å². The van der Waals surface area contributed by atoms with E-state index >= 15 is 0 Å². The van der Waals surface area contributed by atoms with Crippen molar-refractivity contribution in [3.8, 4) is 5.88 Å². The average molecular weight is 441 g/mol. The van der Waals surface area contributed by atoms with Crippen LogP contribution in [0.3, 0.4) is 0 Å². The van der Waals surface area contributed by atoms with Crippen LogP contribution in [-0.2, 0) is 11.3 Å². The van der Waals surface area contributed by atoms with Gasteiger partial charge in [-0.1, -0.05) is 18.6 Å². The molecule has 0 aliphatic carbocycles. The first-order valence-electron chi connectivity index (χ1n) is 9.62. The van der Waals surface area contributed by atoms with Crippen LogP contribution < -0.4 is 10.6 Å². The van der Waals surface area contributed by atoms with E-state index in [-0.39, 0.29) is 12.3 Å². The number of aromatic nitrogens is 1. The van der Waals surface area contributed by atoms with Gasteiger partial charge in [0, 0.05) is 35.7 Å². The quantitative estimate of drug-likeness (QED) is 0.431. The second-order valence-electron chi connectivity index (χ2n) is 6.98. The van der Waals surface area contributed by atoms with Gasteiger partial charge in [0.05, 0.1) is 10.6 Å². The first kappa shape index (κ1) is 20.3. The Morgan fingerprint density at radius 2 is 2.10 bits per heavy atom. The standard InChI is InChI=1S/C22H20N2O4S2/c25-20(26)4-2-1-3-11-24-21(27)19(30-22(24)29)13-16-7-8-18(28-16)15-6-5-14-9-10-23-17(14)12-15/h5-10,12-13,27H,1-4,11H2,(H,25,26)/b16-13-,18-15+. The van der Waals surface area contributed by atoms with Crippen LogP contribution in [0.5, 0.6) is 5.88 Å². The summed E-state index contributed by atoms with van der Waals surface area (Å²) < 4.78 is 8.22. The van der Waals surface area contributed by atoms with Crippen molar-refractivity contribution in [1.29, 1.82) is 0 Å². The smallest absolute Gasteiger partial charge is 0.303 e. The SMILES string of the molecule is O=C(O)CCCCCn1c(O)c(/C=c2/cc/c(=c3/ccc4c(c3)N=CC=4)o2)sc1=S. The Labute approximate surface area is 181 Å². The number of aliphatic carboxylic acids is 1. The van der Waals surface area contributed by atoms with E-state index in [0.29, 0.717) is 27.2 Å². The molecule has 0 spiro atoms. The number of aliphatic imine (C=N–C) groups is 1. The third kappa shape index (κ3) is 4.44. The van der Waals surface area contributed by atoms with Crippen molar-refractivity contribution in [3.05, 3.63) is 60.4 Å². The van der Waals surface area contributed by atoms with Crippen molar-refractivity contribution < 1.29 is 19.4 Å². The lowest BCUT2D eigenvalue weighted by Crippen LogP contribution is -1.99. The molecule has 154 valence electrons. The second kappa shape index (κ2) is 8.81. The molecule has 6 nitrogen and oxygen atoms in total. The maximum atomic E-state index is 10.6. The number of unbranched alkanes of at least 4 members (excludes halogenated alkanes) is 2. The number of hydrogen-bond donors (Lipinski definition) is 2. The summed E-state index contributed by atoms with van der Waals surface area (Å²) in [4.78, 5) is 15.5. The summed E-state index contributed by atoms with van der Waals surface area (Å²) in [6, 6.07) is 9.74. The van der Waals surface area contributed by atoms with Crippen molar-refractivity contribution in [1.82, 2.24) is 4.57 Å². The molecule has 1 aromatic carbocycles. The molecule has 0 amide bonds. The molecule has 30 heavy (non-hydrogen) atoms. The fraction of sp³-hybridized carbons (Fsp3) is 0.227. The van der Waals surface area contributed by atoms with Gasteiger partial charge in [-0.2, -0.15) is 0 Å². The van der Waals surface area contributed by atoms with Gasteiger partial charge in [0.25, 0.3) is 0 Å². The number of carboxylic acids is 1. The highest BCUT2D eigenvalue weighted by molar-refractivity contribution is 7.73. The topological polar surface area (TPSA) is 88.0 Å². The van der Waals surface area contributed by atoms with Gasteiger partial charge in [-0.25, -0.2) is 0 Å². The molecule has 0 radical (unpaired) electrons. The molecule has 3 heterocycles. The number of rotatable bonds is 7. The minimum Gasteiger partial charge on any atom is -0.493 e. The number of fused-ring (bicyclic) bond motifs is 1. The van der Waals surface area contributed by atoms with Gasteiger partial charge in [-0.3, -0.25) is 14.4 Å². The summed E-state index contributed by atoms with van der Waals surface area (Å²) >= 11 is 6.70. The van der Waals surface area contributed by atoms with E-state index in [1.54, 1.807) is 16.9 Å². The van der Waals surface area contributed by atoms with Crippen LogP contribution in [0.25, 0.3) is 12.2 Å². The molecule has 0 saturated carbocycles. The lowest BCUT2D eigenvalue weighted by Gasteiger charge is -2.04. The van der Waals surface area contributed by atoms with Gasteiger partial charge in [-0.15, -0.1) is 11.3 Å². The number of nitrogens with zero attached hydrogens (tertiary/aromatic N) is 2. The van der Waals surface area contributed by atoms with Gasteiger partial charge >= 0.3 is 5.97 Å². The van der Waals surface area contributed by atoms with Gasteiger partial charge < -0.3 is 14.6 Å². The van der Waals surface area contributed by atoms with Gasteiger partial charge in [0.1, 0.15) is 10.8 Å². The van der Waals surface area contributed by atoms with Crippen LogP contribution in [0.15, 0.2) is 39.7 Å². The average Bonchev–Trinajstić information content (AvgIpc) is 3.43. The van der Waals surface area contributed by atoms with Crippen molar-refractivity contribution in [2.24, 2.45) is 4.99 Å². The van der Waals surface area contributed by atoms with Crippen LogP contribution in [0.4, 0.5) is 5.69 Å². The summed E-state index contributed by atoms with van der Waals surface area (Å²) in [6.45, 7) is 0.560. The Morgan fingerprint density at radius 3 is 2.93 bits per heavy atom. The molecule has 0 bridgehead atoms. The highest BCUT2D eigenvalue weighted by Gasteiger charge is 2.10. The Morgan fingerprint density at radius 1 is 1.23 bits per heavy atom. The molecule has 4 rings (SSSR count). The third-order valence-corrected chi connectivity index (χ3v) is 6.23. The van der Waals surface area contributed by atoms with E-state index in [9.17, 15) is 9.90 Å². The Balaban J connectivity index is 1.57. The van der Waals surface area contributed by atoms with Gasteiger partial charge in [0.15, 0.2) is 3.95 Å². The Bertz CT molecular complexity index is 1400. The molecule has 8 heteroatoms. The molecule has 3 aromatic rings. The number of thiazole rings is 1. The number of benzene rings is 1. The fourth-order valence-corrected chi connectivity index (χ4v) is 4.59. The summed E-state index contributed by atoms with van der Waals surface area (Å²) in [6.07, 6.45) is 7.83. The maximum Gasteiger partial charge on any atom is 0.303 e. The molecular formula is C22H20N2O4S2. The number of carbonyl (C=O) groups is 1. The molecule has 2 aromatic heterocycles. The van der Waals surface area contributed by atoms with E-state index in [4.69, 9.17) is 21.7 Å². The second-order valence-corrected chi connectivity index (χ2v) is 8.65. The van der Waals surface area contributed by atoms with Crippen LogP contribution in [0, 0.1) is 14.6 Å². The fourth-order valence-electron chi connectivity index (χ4n) is 3.29. The number of furan rings is 1. The molecule has 1 aliphatic rings. The molecular weight excluding hydrogens is 420 g/mol. The maximum absolute atomic E-state index is 10.6. The number of hydrogen-bond acceptors (Lipinski definition) is 6. The largest absolute Gasteiger partial charge is 0.493 e. The molecule has 0 unspecified atom stereocenters. The van der Waals surface area contributed by atoms with E-state index in [1.165, 1.54) is 11.3 Å². The predicted octanol–water partition coefficient (Wildman–Crippen LogP) is 3.83. The minimum absolute atomic E-state index is 0.114. The summed E-state index contributed by atoms with van der Waals surface area (Å²) in [7, 11) is 0. The Kier molecular flexibility index (Phi) is 5.96. The van der Waals surface area contributed by atoms with Crippen molar-refractivity contribution in [2.75, 3.05) is 0 Å². The zero-order chi connectivity index (χ0) is 21.1. The normalized spacial score (nSPS) is 14.1. The number of carboxylic acid groups (broad SMARTS) is 1. The van der Waals surface area contributed by atoms with E-state index in [2.05, 4.69) is 4.99 Å². The summed E-state index contributed by atoms with van der Waals surface area (Å²) in [5, 5.41) is 21.3. The van der Waals surface area contributed by atoms with Crippen molar-refractivity contribution in [2.45, 2.75) is 32.2 Å². The number of aromatic hydroxyl groups is 1. The Hall–Kier alpha value is -2.97. The lowest BCUT2D eigenvalue weighted by atomic mass is 10.2. The van der Waals surface area contributed by atoms with Crippen LogP contribution >= 0.6 is 23.6 Å². The van der Waals surface area contributed by atoms with E-state index in [1.807, 2.05) is 36.4 Å². The zero-order valence-electron chi connectivity index (χ0n) is 16.1. The first-order chi connectivity index (χ1) is 14.5. The van der Waals surface area contributed by atoms with E-state index < -0.39 is 5.97 Å². The molecule has 0 saturated heterocycles. The lowest BCUT2D eigenvalue weighted by molar-refractivity contribution is -0.137. The summed E-state index contributed by atoms with van der Waals surface area (Å²) in [5.74, 6) is -0.672. The highest BCUT2D eigenvalue weighted by atomic mass is 32.1.